The molecule has 0 saturated heterocycles. The normalized spacial score (nSPS) is 11.9. The summed E-state index contributed by atoms with van der Waals surface area (Å²) in [5.41, 5.74) is 0.786. The van der Waals surface area contributed by atoms with Crippen LogP contribution in [0.3, 0.4) is 0 Å². The molecule has 22 heavy (non-hydrogen) atoms. The summed E-state index contributed by atoms with van der Waals surface area (Å²) in [5.74, 6) is -0.494. The molecule has 1 aromatic carbocycles. The summed E-state index contributed by atoms with van der Waals surface area (Å²) >= 11 is 1.61. The van der Waals surface area contributed by atoms with Crippen molar-refractivity contribution in [1.82, 2.24) is 5.32 Å². The molecule has 2 aromatic rings. The number of thioether (sulfide) groups is 1. The van der Waals surface area contributed by atoms with E-state index in [1.807, 2.05) is 30.3 Å². The van der Waals surface area contributed by atoms with Crippen LogP contribution in [-0.4, -0.2) is 23.0 Å². The van der Waals surface area contributed by atoms with Crippen LogP contribution in [0.4, 0.5) is 0 Å². The number of aliphatic carboxylic acids is 1. The first-order valence-corrected chi connectivity index (χ1v) is 7.81. The van der Waals surface area contributed by atoms with Crippen LogP contribution in [0.2, 0.25) is 0 Å². The van der Waals surface area contributed by atoms with Crippen molar-refractivity contribution in [3.05, 3.63) is 54.0 Å². The number of nitrogens with one attached hydrogen (secondary N) is 1. The summed E-state index contributed by atoms with van der Waals surface area (Å²) in [4.78, 5) is 23.9. The smallest absolute Gasteiger partial charge is 0.305 e. The molecule has 0 aliphatic heterocycles. The molecule has 1 aromatic heterocycles. The Morgan fingerprint density at radius 2 is 2.00 bits per heavy atom. The summed E-state index contributed by atoms with van der Waals surface area (Å²) < 4.78 is 5.25. The molecule has 1 heterocycles. The van der Waals surface area contributed by atoms with Crippen molar-refractivity contribution in [1.29, 1.82) is 0 Å². The predicted octanol–water partition coefficient (Wildman–Crippen LogP) is 3.16. The molecule has 1 atom stereocenters. The highest BCUT2D eigenvalue weighted by atomic mass is 32.2. The van der Waals surface area contributed by atoms with Crippen molar-refractivity contribution in [3.8, 4) is 0 Å². The molecule has 0 spiro atoms. The summed E-state index contributed by atoms with van der Waals surface area (Å²) in [7, 11) is 0. The van der Waals surface area contributed by atoms with Gasteiger partial charge in [-0.25, -0.2) is 0 Å². The van der Waals surface area contributed by atoms with Crippen LogP contribution in [-0.2, 0) is 10.5 Å². The molecule has 0 radical (unpaired) electrons. The molecule has 1 amide bonds. The minimum atomic E-state index is -0.952. The van der Waals surface area contributed by atoms with Gasteiger partial charge in [0.2, 0.25) is 0 Å². The van der Waals surface area contributed by atoms with Gasteiger partial charge in [0.05, 0.1) is 12.7 Å². The zero-order valence-electron chi connectivity index (χ0n) is 12.1. The van der Waals surface area contributed by atoms with Gasteiger partial charge >= 0.3 is 5.97 Å². The number of carboxylic acid groups (broad SMARTS) is 1. The third-order valence-corrected chi connectivity index (χ3v) is 4.01. The predicted molar refractivity (Wildman–Crippen MR) is 83.9 cm³/mol. The topological polar surface area (TPSA) is 79.5 Å². The van der Waals surface area contributed by atoms with E-state index in [0.717, 1.165) is 10.5 Å². The second-order valence-electron chi connectivity index (χ2n) is 4.85. The maximum absolute atomic E-state index is 12.1. The van der Waals surface area contributed by atoms with E-state index >= 15 is 0 Å². The van der Waals surface area contributed by atoms with Crippen molar-refractivity contribution in [2.45, 2.75) is 30.0 Å². The van der Waals surface area contributed by atoms with Gasteiger partial charge in [0.1, 0.15) is 0 Å². The van der Waals surface area contributed by atoms with E-state index in [0.29, 0.717) is 5.75 Å². The lowest BCUT2D eigenvalue weighted by atomic mass is 10.2. The number of carboxylic acids is 1. The lowest BCUT2D eigenvalue weighted by molar-refractivity contribution is -0.137. The van der Waals surface area contributed by atoms with Gasteiger partial charge in [-0.3, -0.25) is 9.59 Å². The summed E-state index contributed by atoms with van der Waals surface area (Å²) in [6.07, 6.45) is 1.35. The number of carbonyl (C=O) groups excluding carboxylic acids is 1. The van der Waals surface area contributed by atoms with Crippen LogP contribution >= 0.6 is 11.8 Å². The van der Waals surface area contributed by atoms with Crippen LogP contribution in [0.5, 0.6) is 0 Å². The number of rotatable bonds is 7. The molecule has 2 N–H and O–H groups in total. The fourth-order valence-corrected chi connectivity index (χ4v) is 2.83. The molecule has 0 fully saturated rings. The van der Waals surface area contributed by atoms with Gasteiger partial charge in [-0.15, -0.1) is 11.8 Å². The number of benzene rings is 1. The molecule has 0 aliphatic carbocycles. The van der Waals surface area contributed by atoms with E-state index in [9.17, 15) is 9.59 Å². The van der Waals surface area contributed by atoms with Gasteiger partial charge in [0.25, 0.3) is 5.91 Å². The molecule has 0 aliphatic rings. The molecule has 5 nitrogen and oxygen atoms in total. The maximum atomic E-state index is 12.1. The molecule has 1 unspecified atom stereocenters. The zero-order valence-corrected chi connectivity index (χ0v) is 12.9. The average Bonchev–Trinajstić information content (AvgIpc) is 2.93. The number of carbonyl (C=O) groups is 2. The SMILES string of the molecule is CC(CC(=O)O)NC(=O)c1occc1CSc1ccccc1. The molecular weight excluding hydrogens is 302 g/mol. The Hall–Kier alpha value is -2.21. The number of hydrogen-bond donors (Lipinski definition) is 2. The quantitative estimate of drug-likeness (QED) is 0.766. The summed E-state index contributed by atoms with van der Waals surface area (Å²) in [5, 5.41) is 11.3. The molecule has 6 heteroatoms. The van der Waals surface area contributed by atoms with E-state index in [1.165, 1.54) is 6.26 Å². The van der Waals surface area contributed by atoms with Crippen molar-refractivity contribution in [2.24, 2.45) is 0 Å². The molecule has 0 saturated carbocycles. The van der Waals surface area contributed by atoms with E-state index < -0.39 is 12.0 Å². The standard InChI is InChI=1S/C16H17NO4S/c1-11(9-14(18)19)17-16(20)15-12(7-8-21-15)10-22-13-5-3-2-4-6-13/h2-8,11H,9-10H2,1H3,(H,17,20)(H,18,19). The number of amides is 1. The van der Waals surface area contributed by atoms with Gasteiger partial charge in [-0.1, -0.05) is 18.2 Å². The second-order valence-corrected chi connectivity index (χ2v) is 5.90. The van der Waals surface area contributed by atoms with Crippen molar-refractivity contribution >= 4 is 23.6 Å². The van der Waals surface area contributed by atoms with Crippen molar-refractivity contribution < 1.29 is 19.1 Å². The Kier molecular flexibility index (Phi) is 5.66. The zero-order chi connectivity index (χ0) is 15.9. The number of furan rings is 1. The minimum Gasteiger partial charge on any atom is -0.481 e. The maximum Gasteiger partial charge on any atom is 0.305 e. The van der Waals surface area contributed by atoms with Crippen molar-refractivity contribution in [2.75, 3.05) is 0 Å². The lowest BCUT2D eigenvalue weighted by Gasteiger charge is -2.11. The molecule has 0 bridgehead atoms. The summed E-state index contributed by atoms with van der Waals surface area (Å²) in [6.45, 7) is 1.65. The third-order valence-electron chi connectivity index (χ3n) is 2.95. The Labute approximate surface area is 132 Å². The highest BCUT2D eigenvalue weighted by molar-refractivity contribution is 7.98. The molecule has 116 valence electrons. The fourth-order valence-electron chi connectivity index (χ4n) is 1.93. The van der Waals surface area contributed by atoms with Gasteiger partial charge in [0.15, 0.2) is 5.76 Å². The first-order valence-electron chi connectivity index (χ1n) is 6.83. The monoisotopic (exact) mass is 319 g/mol. The molecular formula is C16H17NO4S. The van der Waals surface area contributed by atoms with E-state index in [2.05, 4.69) is 5.32 Å². The van der Waals surface area contributed by atoms with Crippen LogP contribution in [0.25, 0.3) is 0 Å². The first kappa shape index (κ1) is 16.2. The Bertz CT molecular complexity index is 639. The van der Waals surface area contributed by atoms with Crippen LogP contribution in [0.1, 0.15) is 29.5 Å². The first-order chi connectivity index (χ1) is 10.6. The Morgan fingerprint density at radius 1 is 1.27 bits per heavy atom. The van der Waals surface area contributed by atoms with Gasteiger partial charge < -0.3 is 14.8 Å². The molecule has 2 rings (SSSR count). The lowest BCUT2D eigenvalue weighted by Crippen LogP contribution is -2.34. The summed E-state index contributed by atoms with van der Waals surface area (Å²) in [6, 6.07) is 11.2. The van der Waals surface area contributed by atoms with Gasteiger partial charge in [0, 0.05) is 22.3 Å². The minimum absolute atomic E-state index is 0.124. The van der Waals surface area contributed by atoms with E-state index in [-0.39, 0.29) is 18.1 Å². The number of hydrogen-bond acceptors (Lipinski definition) is 4. The van der Waals surface area contributed by atoms with E-state index in [4.69, 9.17) is 9.52 Å². The fraction of sp³-hybridized carbons (Fsp3) is 0.250. The third kappa shape index (κ3) is 4.66. The van der Waals surface area contributed by atoms with Crippen LogP contribution in [0, 0.1) is 0 Å². The Balaban J connectivity index is 1.96. The largest absolute Gasteiger partial charge is 0.481 e. The van der Waals surface area contributed by atoms with Crippen LogP contribution < -0.4 is 5.32 Å². The van der Waals surface area contributed by atoms with Crippen molar-refractivity contribution in [3.63, 3.8) is 0 Å². The van der Waals surface area contributed by atoms with E-state index in [1.54, 1.807) is 24.8 Å². The highest BCUT2D eigenvalue weighted by Gasteiger charge is 2.18. The average molecular weight is 319 g/mol. The van der Waals surface area contributed by atoms with Crippen LogP contribution in [0.15, 0.2) is 52.0 Å². The van der Waals surface area contributed by atoms with Gasteiger partial charge in [-0.05, 0) is 25.1 Å². The Morgan fingerprint density at radius 3 is 2.68 bits per heavy atom. The highest BCUT2D eigenvalue weighted by Crippen LogP contribution is 2.24. The second kappa shape index (κ2) is 7.70. The van der Waals surface area contributed by atoms with Gasteiger partial charge in [-0.2, -0.15) is 0 Å².